The number of para-hydroxylation sites is 1. The lowest BCUT2D eigenvalue weighted by Gasteiger charge is -2.32. The summed E-state index contributed by atoms with van der Waals surface area (Å²) in [6.07, 6.45) is 9.38. The smallest absolute Gasteiger partial charge is 0.127 e. The highest BCUT2D eigenvalue weighted by atomic mass is 35.5. The molecule has 24 heavy (non-hydrogen) atoms. The molecule has 5 heteroatoms. The van der Waals surface area contributed by atoms with Gasteiger partial charge in [0.05, 0.1) is 6.54 Å². The maximum absolute atomic E-state index is 4.58. The Morgan fingerprint density at radius 2 is 1.79 bits per heavy atom. The van der Waals surface area contributed by atoms with Crippen molar-refractivity contribution >= 4 is 12.4 Å². The van der Waals surface area contributed by atoms with Crippen LogP contribution in [0.15, 0.2) is 42.7 Å². The van der Waals surface area contributed by atoms with Crippen LogP contribution in [0.4, 0.5) is 0 Å². The molecular formula is C19H27ClN4. The summed E-state index contributed by atoms with van der Waals surface area (Å²) in [4.78, 5) is 7.12. The number of nitrogens with zero attached hydrogens (tertiary/aromatic N) is 3. The van der Waals surface area contributed by atoms with Gasteiger partial charge in [0, 0.05) is 37.2 Å². The van der Waals surface area contributed by atoms with Crippen molar-refractivity contribution in [3.8, 4) is 5.69 Å². The van der Waals surface area contributed by atoms with Crippen LogP contribution in [0.5, 0.6) is 0 Å². The first-order valence-corrected chi connectivity index (χ1v) is 8.92. The van der Waals surface area contributed by atoms with Crippen molar-refractivity contribution < 1.29 is 0 Å². The van der Waals surface area contributed by atoms with Crippen molar-refractivity contribution in [2.24, 2.45) is 5.92 Å². The van der Waals surface area contributed by atoms with Gasteiger partial charge in [-0.3, -0.25) is 4.90 Å². The Kier molecular flexibility index (Phi) is 5.93. The molecule has 4 rings (SSSR count). The van der Waals surface area contributed by atoms with E-state index in [0.29, 0.717) is 0 Å². The fraction of sp³-hybridized carbons (Fsp3) is 0.526. The normalized spacial score (nSPS) is 19.2. The van der Waals surface area contributed by atoms with Crippen molar-refractivity contribution in [2.45, 2.75) is 38.3 Å². The Hall–Kier alpha value is -1.36. The Balaban J connectivity index is 0.00000169. The van der Waals surface area contributed by atoms with E-state index >= 15 is 0 Å². The summed E-state index contributed by atoms with van der Waals surface area (Å²) in [7, 11) is 0. The third-order valence-corrected chi connectivity index (χ3v) is 5.10. The fourth-order valence-electron chi connectivity index (χ4n) is 3.43. The van der Waals surface area contributed by atoms with Crippen molar-refractivity contribution in [1.29, 1.82) is 0 Å². The van der Waals surface area contributed by atoms with Gasteiger partial charge < -0.3 is 9.88 Å². The number of aromatic nitrogens is 2. The highest BCUT2D eigenvalue weighted by Crippen LogP contribution is 2.28. The van der Waals surface area contributed by atoms with E-state index in [1.165, 1.54) is 51.0 Å². The molecule has 130 valence electrons. The van der Waals surface area contributed by atoms with E-state index in [-0.39, 0.29) is 12.4 Å². The summed E-state index contributed by atoms with van der Waals surface area (Å²) >= 11 is 0. The van der Waals surface area contributed by atoms with Crippen molar-refractivity contribution in [3.63, 3.8) is 0 Å². The predicted octanol–water partition coefficient (Wildman–Crippen LogP) is 3.26. The molecule has 1 saturated heterocycles. The van der Waals surface area contributed by atoms with Gasteiger partial charge in [-0.2, -0.15) is 0 Å². The largest absolute Gasteiger partial charge is 0.314 e. The van der Waals surface area contributed by atoms with E-state index in [2.05, 4.69) is 56.3 Å². The Labute approximate surface area is 150 Å². The van der Waals surface area contributed by atoms with Gasteiger partial charge in [-0.05, 0) is 50.3 Å². The number of rotatable bonds is 6. The zero-order valence-corrected chi connectivity index (χ0v) is 14.9. The summed E-state index contributed by atoms with van der Waals surface area (Å²) in [5, 5.41) is 3.75. The molecule has 0 spiro atoms. The molecule has 1 saturated carbocycles. The molecule has 2 fully saturated rings. The first kappa shape index (κ1) is 17.5. The Morgan fingerprint density at radius 3 is 2.50 bits per heavy atom. The number of hydrogen-bond acceptors (Lipinski definition) is 3. The number of piperidine rings is 1. The zero-order valence-electron chi connectivity index (χ0n) is 14.1. The minimum atomic E-state index is 0. The van der Waals surface area contributed by atoms with Gasteiger partial charge >= 0.3 is 0 Å². The summed E-state index contributed by atoms with van der Waals surface area (Å²) < 4.78 is 2.21. The van der Waals surface area contributed by atoms with Gasteiger partial charge in [-0.15, -0.1) is 12.4 Å². The molecule has 1 aromatic heterocycles. The van der Waals surface area contributed by atoms with E-state index in [9.17, 15) is 0 Å². The lowest BCUT2D eigenvalue weighted by atomic mass is 10.0. The van der Waals surface area contributed by atoms with Gasteiger partial charge in [-0.1, -0.05) is 18.2 Å². The van der Waals surface area contributed by atoms with Crippen LogP contribution in [0.2, 0.25) is 0 Å². The number of imidazole rings is 1. The average molecular weight is 347 g/mol. The highest BCUT2D eigenvalue weighted by Gasteiger charge is 2.24. The van der Waals surface area contributed by atoms with Crippen molar-refractivity contribution in [1.82, 2.24) is 19.8 Å². The average Bonchev–Trinajstić information content (AvgIpc) is 3.32. The zero-order chi connectivity index (χ0) is 15.5. The lowest BCUT2D eigenvalue weighted by Crippen LogP contribution is -2.43. The summed E-state index contributed by atoms with van der Waals surface area (Å²) in [6, 6.07) is 11.2. The van der Waals surface area contributed by atoms with Gasteiger partial charge in [0.1, 0.15) is 5.82 Å². The molecule has 4 nitrogen and oxygen atoms in total. The molecule has 1 N–H and O–H groups in total. The quantitative estimate of drug-likeness (QED) is 0.871. The molecule has 0 atom stereocenters. The lowest BCUT2D eigenvalue weighted by molar-refractivity contribution is 0.185. The Bertz CT molecular complexity index is 615. The predicted molar refractivity (Wildman–Crippen MR) is 99.8 cm³/mol. The molecule has 1 aliphatic heterocycles. The van der Waals surface area contributed by atoms with E-state index in [1.807, 2.05) is 6.20 Å². The number of nitrogens with one attached hydrogen (secondary N) is 1. The maximum atomic E-state index is 4.58. The standard InChI is InChI=1S/C19H26N4.ClH/c1-2-4-18(5-3-1)23-13-10-20-19(23)15-22-11-8-17(9-12-22)21-14-16-6-7-16;/h1-5,10,13,16-17,21H,6-9,11-12,14-15H2;1H. The highest BCUT2D eigenvalue weighted by molar-refractivity contribution is 5.85. The summed E-state index contributed by atoms with van der Waals surface area (Å²) in [5.74, 6) is 2.12. The molecule has 0 bridgehead atoms. The minimum absolute atomic E-state index is 0. The van der Waals surface area contributed by atoms with E-state index in [1.54, 1.807) is 0 Å². The molecule has 0 radical (unpaired) electrons. The summed E-state index contributed by atoms with van der Waals surface area (Å²) in [6.45, 7) is 4.52. The van der Waals surface area contributed by atoms with Crippen LogP contribution >= 0.6 is 12.4 Å². The van der Waals surface area contributed by atoms with Crippen LogP contribution in [0.25, 0.3) is 5.69 Å². The molecular weight excluding hydrogens is 320 g/mol. The van der Waals surface area contributed by atoms with E-state index < -0.39 is 0 Å². The van der Waals surface area contributed by atoms with E-state index in [0.717, 1.165) is 24.3 Å². The van der Waals surface area contributed by atoms with Gasteiger partial charge in [0.25, 0.3) is 0 Å². The SMILES string of the molecule is Cl.c1ccc(-n2ccnc2CN2CCC(NCC3CC3)CC2)cc1. The third-order valence-electron chi connectivity index (χ3n) is 5.10. The van der Waals surface area contributed by atoms with Crippen LogP contribution in [0, 0.1) is 5.92 Å². The monoisotopic (exact) mass is 346 g/mol. The summed E-state index contributed by atoms with van der Waals surface area (Å²) in [5.41, 5.74) is 1.20. The molecule has 2 aliphatic rings. The van der Waals surface area contributed by atoms with Crippen molar-refractivity contribution in [2.75, 3.05) is 19.6 Å². The van der Waals surface area contributed by atoms with Gasteiger partial charge in [-0.25, -0.2) is 4.98 Å². The molecule has 0 amide bonds. The second-order valence-corrected chi connectivity index (χ2v) is 6.95. The second-order valence-electron chi connectivity index (χ2n) is 6.95. The first-order valence-electron chi connectivity index (χ1n) is 8.92. The second kappa shape index (κ2) is 8.15. The molecule has 1 aliphatic carbocycles. The van der Waals surface area contributed by atoms with Crippen LogP contribution < -0.4 is 5.32 Å². The molecule has 1 aromatic carbocycles. The molecule has 2 aromatic rings. The Morgan fingerprint density at radius 1 is 1.04 bits per heavy atom. The van der Waals surface area contributed by atoms with Crippen molar-refractivity contribution in [3.05, 3.63) is 48.5 Å². The van der Waals surface area contributed by atoms with Crippen LogP contribution in [-0.2, 0) is 6.54 Å². The maximum Gasteiger partial charge on any atom is 0.127 e. The van der Waals surface area contributed by atoms with E-state index in [4.69, 9.17) is 0 Å². The number of benzene rings is 1. The molecule has 2 heterocycles. The van der Waals surface area contributed by atoms with Gasteiger partial charge in [0.15, 0.2) is 0 Å². The minimum Gasteiger partial charge on any atom is -0.314 e. The number of likely N-dealkylation sites (tertiary alicyclic amines) is 1. The van der Waals surface area contributed by atoms with Crippen LogP contribution in [0.1, 0.15) is 31.5 Å². The molecule has 0 unspecified atom stereocenters. The van der Waals surface area contributed by atoms with Crippen LogP contribution in [0.3, 0.4) is 0 Å². The number of hydrogen-bond donors (Lipinski definition) is 1. The van der Waals surface area contributed by atoms with Gasteiger partial charge in [0.2, 0.25) is 0 Å². The number of halogens is 1. The topological polar surface area (TPSA) is 33.1 Å². The first-order chi connectivity index (χ1) is 11.4. The fourth-order valence-corrected chi connectivity index (χ4v) is 3.43. The van der Waals surface area contributed by atoms with Crippen LogP contribution in [-0.4, -0.2) is 40.1 Å². The third kappa shape index (κ3) is 4.38.